The highest BCUT2D eigenvalue weighted by atomic mass is 16.7. The van der Waals surface area contributed by atoms with Gasteiger partial charge in [-0.1, -0.05) is 6.07 Å². The first kappa shape index (κ1) is 21.6. The number of hydrogen-bond acceptors (Lipinski definition) is 9. The van der Waals surface area contributed by atoms with Gasteiger partial charge in [0.05, 0.1) is 24.9 Å². The molecule has 3 rings (SSSR count). The van der Waals surface area contributed by atoms with Crippen LogP contribution < -0.4 is 4.74 Å². The van der Waals surface area contributed by atoms with Crippen molar-refractivity contribution in [1.82, 2.24) is 9.61 Å². The second-order valence-corrected chi connectivity index (χ2v) is 7.15. The van der Waals surface area contributed by atoms with E-state index in [1.165, 1.54) is 42.1 Å². The Hall–Kier alpha value is -3.14. The van der Waals surface area contributed by atoms with Gasteiger partial charge in [-0.3, -0.25) is 0 Å². The summed E-state index contributed by atoms with van der Waals surface area (Å²) in [5, 5.41) is 73.4. The Morgan fingerprint density at radius 1 is 1.17 bits per heavy atom. The fraction of sp³-hybridized carbons (Fsp3) is 0.263. The predicted molar refractivity (Wildman–Crippen MR) is 106 cm³/mol. The molecule has 1 atom stereocenters. The maximum Gasteiger partial charge on any atom is 0.304 e. The summed E-state index contributed by atoms with van der Waals surface area (Å²) in [5.74, 6) is -3.29. The van der Waals surface area contributed by atoms with E-state index in [-0.39, 0.29) is 11.3 Å². The van der Waals surface area contributed by atoms with Crippen molar-refractivity contribution < 1.29 is 35.4 Å². The number of nitrogens with zero attached hydrogens (tertiary/aromatic N) is 3. The number of hydrogen-bond donors (Lipinski definition) is 6. The molecule has 0 radical (unpaired) electrons. The highest BCUT2D eigenvalue weighted by Crippen LogP contribution is 2.41. The van der Waals surface area contributed by atoms with Crippen molar-refractivity contribution in [2.24, 2.45) is 0 Å². The molecule has 0 bridgehead atoms. The lowest BCUT2D eigenvalue weighted by Crippen LogP contribution is -2.65. The molecule has 30 heavy (non-hydrogen) atoms. The fourth-order valence-electron chi connectivity index (χ4n) is 3.50. The van der Waals surface area contributed by atoms with Crippen molar-refractivity contribution in [2.45, 2.75) is 24.0 Å². The van der Waals surface area contributed by atoms with E-state index in [0.717, 1.165) is 14.0 Å². The third-order valence-electron chi connectivity index (χ3n) is 5.19. The van der Waals surface area contributed by atoms with Crippen LogP contribution in [0, 0.1) is 18.3 Å². The Labute approximate surface area is 171 Å². The van der Waals surface area contributed by atoms with E-state index >= 15 is 0 Å². The number of aliphatic hydroxyl groups is 5. The number of fused-ring (bicyclic) bond motifs is 1. The molecule has 0 saturated carbocycles. The number of methoxy groups -OCH3 is 1. The molecule has 0 aliphatic rings. The smallest absolute Gasteiger partial charge is 0.304 e. The van der Waals surface area contributed by atoms with E-state index in [2.05, 4.69) is 5.10 Å². The minimum Gasteiger partial charge on any atom is -0.508 e. The largest absolute Gasteiger partial charge is 0.508 e. The molecule has 0 aliphatic carbocycles. The van der Waals surface area contributed by atoms with Gasteiger partial charge < -0.3 is 35.4 Å². The van der Waals surface area contributed by atoms with Crippen LogP contribution in [0.15, 0.2) is 36.7 Å². The molecule has 0 saturated heterocycles. The van der Waals surface area contributed by atoms with Gasteiger partial charge in [-0.25, -0.2) is 4.52 Å². The zero-order valence-corrected chi connectivity index (χ0v) is 16.4. The van der Waals surface area contributed by atoms with Crippen LogP contribution in [0.4, 0.5) is 0 Å². The third-order valence-corrected chi connectivity index (χ3v) is 5.19. The second-order valence-electron chi connectivity index (χ2n) is 7.15. The normalized spacial score (nSPS) is 14.3. The number of benzene rings is 1. The summed E-state index contributed by atoms with van der Waals surface area (Å²) in [4.78, 5) is 0. The summed E-state index contributed by atoms with van der Waals surface area (Å²) in [6, 6.07) is 7.32. The summed E-state index contributed by atoms with van der Waals surface area (Å²) in [5.41, 5.74) is -4.04. The zero-order chi connectivity index (χ0) is 22.5. The number of rotatable bonds is 5. The van der Waals surface area contributed by atoms with E-state index < -0.39 is 17.1 Å². The van der Waals surface area contributed by atoms with Crippen LogP contribution in [-0.4, -0.2) is 66.9 Å². The van der Waals surface area contributed by atoms with Crippen molar-refractivity contribution in [2.75, 3.05) is 7.11 Å². The lowest BCUT2D eigenvalue weighted by atomic mass is 9.64. The molecule has 1 unspecified atom stereocenters. The Balaban J connectivity index is 2.23. The summed E-state index contributed by atoms with van der Waals surface area (Å²) in [6.07, 6.45) is 2.63. The lowest BCUT2D eigenvalue weighted by Gasteiger charge is -2.41. The quantitative estimate of drug-likeness (QED) is 0.219. The fourth-order valence-corrected chi connectivity index (χ4v) is 3.50. The Bertz CT molecular complexity index is 1140. The number of ether oxygens (including phenoxy) is 1. The number of pyridine rings is 1. The molecule has 0 fully saturated rings. The van der Waals surface area contributed by atoms with Gasteiger partial charge in [-0.05, 0) is 30.7 Å². The average Bonchev–Trinajstić information content (AvgIpc) is 3.06. The number of phenols is 1. The van der Waals surface area contributed by atoms with Gasteiger partial charge in [0.15, 0.2) is 13.5 Å². The summed E-state index contributed by atoms with van der Waals surface area (Å²) < 4.78 is 6.53. The summed E-state index contributed by atoms with van der Waals surface area (Å²) >= 11 is 0. The lowest BCUT2D eigenvalue weighted by molar-refractivity contribution is -0.375. The topological polar surface area (TPSA) is 172 Å². The summed E-state index contributed by atoms with van der Waals surface area (Å²) in [7, 11) is 2.22. The van der Waals surface area contributed by atoms with Crippen LogP contribution in [0.3, 0.4) is 0 Å². The van der Waals surface area contributed by atoms with Crippen LogP contribution in [0.1, 0.15) is 11.1 Å². The van der Waals surface area contributed by atoms with E-state index in [0.29, 0.717) is 28.0 Å². The van der Waals surface area contributed by atoms with Crippen LogP contribution in [0.25, 0.3) is 16.6 Å². The van der Waals surface area contributed by atoms with Crippen LogP contribution in [-0.2, 0) is 5.41 Å². The Morgan fingerprint density at radius 2 is 1.83 bits per heavy atom. The second kappa shape index (κ2) is 6.98. The minimum atomic E-state index is -3.78. The van der Waals surface area contributed by atoms with Crippen molar-refractivity contribution >= 4 is 13.4 Å². The van der Waals surface area contributed by atoms with E-state index in [9.17, 15) is 35.9 Å². The first-order valence-electron chi connectivity index (χ1n) is 8.76. The number of aromatic hydroxyl groups is 1. The molecule has 11 heteroatoms. The predicted octanol–water partition coefficient (Wildman–Crippen LogP) is -1.31. The number of aromatic nitrogens is 2. The van der Waals surface area contributed by atoms with E-state index in [1.54, 1.807) is 13.0 Å². The van der Waals surface area contributed by atoms with Crippen LogP contribution in [0.5, 0.6) is 11.5 Å². The molecule has 0 amide bonds. The minimum absolute atomic E-state index is 0.0192. The molecule has 2 heterocycles. The highest BCUT2D eigenvalue weighted by Gasteiger charge is 2.62. The zero-order valence-electron chi connectivity index (χ0n) is 16.4. The highest BCUT2D eigenvalue weighted by molar-refractivity contribution is 6.14. The molecule has 1 aromatic carbocycles. The molecule has 0 aliphatic heterocycles. The standard InChI is InChI=1S/C19H20BN3O7/c1-10-15(24)5-11(6-16(10)30-2)13-7-22-23-8-12(3-4-14(13)23)17(9-21,18(20,25)26)19(27,28)29/h3-8,24-29H,20H2,1-2H3. The van der Waals surface area contributed by atoms with Crippen molar-refractivity contribution in [3.8, 4) is 28.7 Å². The molecule has 3 aromatic rings. The van der Waals surface area contributed by atoms with E-state index in [1.807, 2.05) is 0 Å². The molecule has 156 valence electrons. The van der Waals surface area contributed by atoms with Gasteiger partial charge in [0.2, 0.25) is 5.41 Å². The summed E-state index contributed by atoms with van der Waals surface area (Å²) in [6.45, 7) is 1.70. The van der Waals surface area contributed by atoms with Crippen molar-refractivity contribution in [3.05, 3.63) is 47.8 Å². The van der Waals surface area contributed by atoms with Crippen molar-refractivity contribution in [3.63, 3.8) is 0 Å². The molecule has 0 spiro atoms. The SMILES string of the molecule is BC(O)(O)C(C#N)(c1ccc2c(-c3cc(O)c(C)c(OC)c3)cnn2c1)C(O)(O)O. The maximum absolute atomic E-state index is 10.2. The van der Waals surface area contributed by atoms with Crippen molar-refractivity contribution in [1.29, 1.82) is 5.26 Å². The maximum atomic E-state index is 10.2. The monoisotopic (exact) mass is 413 g/mol. The molecular weight excluding hydrogens is 393 g/mol. The average molecular weight is 413 g/mol. The number of nitriles is 1. The molecule has 2 aromatic heterocycles. The molecule has 6 N–H and O–H groups in total. The third kappa shape index (κ3) is 3.07. The van der Waals surface area contributed by atoms with Gasteiger partial charge in [0.25, 0.3) is 0 Å². The van der Waals surface area contributed by atoms with Gasteiger partial charge in [-0.15, -0.1) is 0 Å². The Morgan fingerprint density at radius 3 is 2.37 bits per heavy atom. The first-order valence-corrected chi connectivity index (χ1v) is 8.76. The first-order chi connectivity index (χ1) is 13.9. The van der Waals surface area contributed by atoms with E-state index in [4.69, 9.17) is 4.74 Å². The van der Waals surface area contributed by atoms with Crippen LogP contribution in [0.2, 0.25) is 0 Å². The van der Waals surface area contributed by atoms with Crippen LogP contribution >= 0.6 is 0 Å². The number of phenolic OH excluding ortho intramolecular Hbond substituents is 1. The molecular formula is C19H20BN3O7. The van der Waals surface area contributed by atoms with Gasteiger partial charge in [0.1, 0.15) is 11.5 Å². The van der Waals surface area contributed by atoms with Gasteiger partial charge in [-0.2, -0.15) is 10.4 Å². The van der Waals surface area contributed by atoms with Gasteiger partial charge in [0, 0.05) is 22.9 Å². The Kier molecular flexibility index (Phi) is 5.02. The van der Waals surface area contributed by atoms with Gasteiger partial charge >= 0.3 is 5.97 Å². The molecule has 10 nitrogen and oxygen atoms in total.